The highest BCUT2D eigenvalue weighted by atomic mass is 35.5. The molecule has 0 saturated carbocycles. The van der Waals surface area contributed by atoms with Gasteiger partial charge < -0.3 is 38.7 Å². The number of nitrogens with zero attached hydrogens (tertiary/aromatic N) is 5. The first kappa shape index (κ1) is 32.1. The van der Waals surface area contributed by atoms with Gasteiger partial charge in [-0.05, 0) is 23.9 Å². The normalized spacial score (nSPS) is 37.7. The number of imidazole rings is 2. The van der Waals surface area contributed by atoms with Gasteiger partial charge in [0, 0.05) is 0 Å². The molecule has 6 unspecified atom stereocenters. The number of benzene rings is 1. The van der Waals surface area contributed by atoms with E-state index >= 15 is 0 Å². The van der Waals surface area contributed by atoms with Crippen LogP contribution in [0.1, 0.15) is 12.5 Å². The summed E-state index contributed by atoms with van der Waals surface area (Å²) < 4.78 is 50.7. The van der Waals surface area contributed by atoms with E-state index in [9.17, 15) is 24.5 Å². The van der Waals surface area contributed by atoms with Crippen LogP contribution in [0.15, 0.2) is 35.9 Å². The summed E-state index contributed by atoms with van der Waals surface area (Å²) in [4.78, 5) is 38.1. The highest BCUT2D eigenvalue weighted by molar-refractivity contribution is 8.44. The molecule has 0 aliphatic carbocycles. The molecule has 4 N–H and O–H groups in total. The molecule has 6 heterocycles. The van der Waals surface area contributed by atoms with E-state index in [4.69, 9.17) is 62.6 Å². The highest BCUT2D eigenvalue weighted by Gasteiger charge is 2.52. The van der Waals surface area contributed by atoms with E-state index in [2.05, 4.69) is 32.2 Å². The lowest BCUT2D eigenvalue weighted by Gasteiger charge is -2.27. The largest absolute Gasteiger partial charge is 0.387 e. The summed E-state index contributed by atoms with van der Waals surface area (Å²) in [5.41, 5.74) is 0.454. The minimum Gasteiger partial charge on any atom is -0.387 e. The quantitative estimate of drug-likeness (QED) is 0.147. The van der Waals surface area contributed by atoms with E-state index < -0.39 is 81.4 Å². The first-order valence-electron chi connectivity index (χ1n) is 13.0. The third kappa shape index (κ3) is 5.92. The molecule has 4 aromatic rings. The summed E-state index contributed by atoms with van der Waals surface area (Å²) in [6.45, 7) is -9.56. The number of aliphatic hydroxyl groups excluding tert-OH is 2. The number of aromatic nitrogens is 6. The maximum atomic E-state index is 13.4. The molecule has 3 aromatic heterocycles. The summed E-state index contributed by atoms with van der Waals surface area (Å²) in [6, 6.07) is 3.08. The monoisotopic (exact) mass is 742 g/mol. The molecule has 23 heteroatoms. The molecule has 3 aliphatic heterocycles. The number of hydrogen-bond donors (Lipinski definition) is 5. The Kier molecular flexibility index (Phi) is 8.46. The molecular formula is C22H22Cl2N6O11P2S2. The van der Waals surface area contributed by atoms with E-state index in [1.807, 2.05) is 0 Å². The van der Waals surface area contributed by atoms with Crippen LogP contribution in [0.5, 0.6) is 0 Å². The molecule has 3 fully saturated rings. The number of hydrogen-bond acceptors (Lipinski definition) is 14. The fourth-order valence-corrected chi connectivity index (χ4v) is 8.61. The first-order chi connectivity index (χ1) is 21.3. The van der Waals surface area contributed by atoms with Crippen molar-refractivity contribution in [2.45, 2.75) is 49.1 Å². The maximum Gasteiger partial charge on any atom is 0.386 e. The van der Waals surface area contributed by atoms with Gasteiger partial charge in [-0.1, -0.05) is 35.5 Å². The molecule has 1 aromatic carbocycles. The smallest absolute Gasteiger partial charge is 0.386 e. The van der Waals surface area contributed by atoms with E-state index in [-0.39, 0.29) is 21.2 Å². The summed E-state index contributed by atoms with van der Waals surface area (Å²) in [5, 5.41) is 22.9. The van der Waals surface area contributed by atoms with Crippen molar-refractivity contribution in [2.24, 2.45) is 0 Å². The van der Waals surface area contributed by atoms with Crippen LogP contribution < -0.4 is 5.56 Å². The van der Waals surface area contributed by atoms with Crippen molar-refractivity contribution in [1.82, 2.24) is 29.1 Å². The van der Waals surface area contributed by atoms with Crippen molar-refractivity contribution in [2.75, 3.05) is 13.2 Å². The van der Waals surface area contributed by atoms with Crippen molar-refractivity contribution in [3.05, 3.63) is 51.5 Å². The van der Waals surface area contributed by atoms with Crippen LogP contribution in [0.25, 0.3) is 22.2 Å². The van der Waals surface area contributed by atoms with Gasteiger partial charge in [0.1, 0.15) is 36.6 Å². The second kappa shape index (κ2) is 11.9. The van der Waals surface area contributed by atoms with Gasteiger partial charge in [-0.3, -0.25) is 22.9 Å². The average molecular weight is 743 g/mol. The van der Waals surface area contributed by atoms with Crippen LogP contribution in [-0.2, 0) is 43.9 Å². The summed E-state index contributed by atoms with van der Waals surface area (Å²) in [6.07, 6.45) is -6.87. The van der Waals surface area contributed by atoms with Crippen molar-refractivity contribution in [1.29, 1.82) is 0 Å². The Morgan fingerprint density at radius 2 is 1.67 bits per heavy atom. The van der Waals surface area contributed by atoms with Crippen molar-refractivity contribution in [3.63, 3.8) is 0 Å². The lowest BCUT2D eigenvalue weighted by molar-refractivity contribution is -0.0593. The van der Waals surface area contributed by atoms with Crippen LogP contribution in [-0.4, -0.2) is 94.0 Å². The molecule has 242 valence electrons. The standard InChI is InChI=1S/C22H22Cl2N6O11P2S2/c23-8-1-10-11(2-9(8)24)29(6-27-10)22-18-15(31)12(38-22)3-36-42(34,44)40-17-13(4-37-43(35,45)41-18)39-21(16(17)32)30-7-28-14-19(30)25-5-26-20(14)33/h1-2,5-7,12-13,15-18,21-22,31-32H,3-4H2,(H,34,44)(H,35,45)(H,25,26,33)/t12-,13-,15?,16?,17?,18?,21-,22-,42?,43?/m1/s1. The fourth-order valence-electron chi connectivity index (χ4n) is 5.39. The van der Waals surface area contributed by atoms with E-state index in [1.54, 1.807) is 0 Å². The van der Waals surface area contributed by atoms with Gasteiger partial charge in [0.15, 0.2) is 23.6 Å². The lowest BCUT2D eigenvalue weighted by atomic mass is 10.1. The second-order valence-corrected chi connectivity index (χ2v) is 16.7. The molecule has 3 saturated heterocycles. The van der Waals surface area contributed by atoms with Crippen LogP contribution in [0.2, 0.25) is 10.0 Å². The SMILES string of the molecule is O=c1[nH]cnc2c1ncn2[C@@H]1O[C@@H]2COP(O)(=S)OC3C(O)[C@@H](COP(=O)(S)OC2C1O)O[C@H]3n1cnc2cc(Cl)c(Cl)cc21. The molecule has 0 spiro atoms. The van der Waals surface area contributed by atoms with Gasteiger partial charge in [-0.15, -0.1) is 0 Å². The van der Waals surface area contributed by atoms with E-state index in [1.165, 1.54) is 33.9 Å². The Bertz CT molecular complexity index is 1950. The number of fused-ring (bicyclic) bond motifs is 5. The molecular weight excluding hydrogens is 721 g/mol. The van der Waals surface area contributed by atoms with E-state index in [0.29, 0.717) is 11.0 Å². The number of aliphatic hydroxyl groups is 2. The molecule has 3 aliphatic rings. The molecule has 0 amide bonds. The topological polar surface area (TPSA) is 215 Å². The zero-order valence-corrected chi connectivity index (χ0v) is 27.3. The predicted molar refractivity (Wildman–Crippen MR) is 162 cm³/mol. The van der Waals surface area contributed by atoms with Gasteiger partial charge in [-0.2, -0.15) is 0 Å². The number of rotatable bonds is 2. The number of ether oxygens (including phenoxy) is 2. The Morgan fingerprint density at radius 1 is 0.956 bits per heavy atom. The zero-order valence-electron chi connectivity index (χ0n) is 22.3. The number of halogens is 2. The predicted octanol–water partition coefficient (Wildman–Crippen LogP) is 2.06. The summed E-state index contributed by atoms with van der Waals surface area (Å²) in [7, 11) is 0. The minimum atomic E-state index is -4.30. The van der Waals surface area contributed by atoms with Crippen LogP contribution in [0.3, 0.4) is 0 Å². The average Bonchev–Trinajstić information content (AvgIpc) is 3.73. The Balaban J connectivity index is 1.20. The summed E-state index contributed by atoms with van der Waals surface area (Å²) >= 11 is 21.7. The molecule has 2 bridgehead atoms. The number of thiol groups is 1. The van der Waals surface area contributed by atoms with Gasteiger partial charge in [0.2, 0.25) is 0 Å². The first-order valence-corrected chi connectivity index (χ1v) is 19.1. The van der Waals surface area contributed by atoms with Crippen molar-refractivity contribution >= 4 is 83.0 Å². The Labute approximate surface area is 272 Å². The van der Waals surface area contributed by atoms with Crippen LogP contribution in [0.4, 0.5) is 0 Å². The van der Waals surface area contributed by atoms with Gasteiger partial charge in [0.25, 0.3) is 5.56 Å². The molecule has 7 rings (SSSR count). The van der Waals surface area contributed by atoms with Crippen LogP contribution in [0, 0.1) is 0 Å². The van der Waals surface area contributed by atoms with Crippen molar-refractivity contribution < 1.29 is 47.2 Å². The summed E-state index contributed by atoms with van der Waals surface area (Å²) in [5.74, 6) is 0. The maximum absolute atomic E-state index is 13.4. The second-order valence-electron chi connectivity index (χ2n) is 10.2. The molecule has 0 radical (unpaired) electrons. The van der Waals surface area contributed by atoms with Gasteiger partial charge >= 0.3 is 13.5 Å². The number of aromatic amines is 1. The van der Waals surface area contributed by atoms with Crippen molar-refractivity contribution in [3.8, 4) is 0 Å². The zero-order chi connectivity index (χ0) is 31.8. The minimum absolute atomic E-state index is 0.0188. The number of H-pyrrole nitrogens is 1. The Morgan fingerprint density at radius 3 is 2.47 bits per heavy atom. The molecule has 10 atom stereocenters. The third-order valence-electron chi connectivity index (χ3n) is 7.47. The molecule has 17 nitrogen and oxygen atoms in total. The highest BCUT2D eigenvalue weighted by Crippen LogP contribution is 2.58. The van der Waals surface area contributed by atoms with E-state index in [0.717, 1.165) is 6.33 Å². The lowest BCUT2D eigenvalue weighted by Crippen LogP contribution is -2.36. The van der Waals surface area contributed by atoms with Crippen LogP contribution >= 0.6 is 49.0 Å². The van der Waals surface area contributed by atoms with Gasteiger partial charge in [-0.25, -0.2) is 19.5 Å². The Hall–Kier alpha value is -1.51. The van der Waals surface area contributed by atoms with Gasteiger partial charge in [0.05, 0.1) is 53.3 Å². The fraction of sp³-hybridized carbons (Fsp3) is 0.455. The number of nitrogens with one attached hydrogen (secondary N) is 1. The third-order valence-corrected chi connectivity index (χ3v) is 11.4. The molecule has 45 heavy (non-hydrogen) atoms.